The van der Waals surface area contributed by atoms with Gasteiger partial charge in [0, 0.05) is 25.6 Å². The number of unbranched alkanes of at least 4 members (excludes halogenated alkanes) is 5. The second-order valence-corrected chi connectivity index (χ2v) is 11.6. The minimum Gasteiger partial charge on any atom is -0.481 e. The number of carboxylic acids is 1. The van der Waals surface area contributed by atoms with E-state index >= 15 is 0 Å². The zero-order chi connectivity index (χ0) is 32.6. The predicted octanol–water partition coefficient (Wildman–Crippen LogP) is 11.0. The van der Waals surface area contributed by atoms with E-state index < -0.39 is 5.97 Å². The average molecular weight is 609 g/mol. The summed E-state index contributed by atoms with van der Waals surface area (Å²) in [5.74, 6) is 7.86. The molecule has 0 amide bonds. The van der Waals surface area contributed by atoms with Gasteiger partial charge in [0.15, 0.2) is 6.29 Å². The van der Waals surface area contributed by atoms with Gasteiger partial charge in [-0.15, -0.1) is 19.1 Å². The van der Waals surface area contributed by atoms with Crippen LogP contribution in [0.25, 0.3) is 0 Å². The van der Waals surface area contributed by atoms with Gasteiger partial charge in [0.2, 0.25) is 0 Å². The van der Waals surface area contributed by atoms with Gasteiger partial charge in [-0.25, -0.2) is 0 Å². The van der Waals surface area contributed by atoms with Crippen LogP contribution in [0.2, 0.25) is 0 Å². The first kappa shape index (κ1) is 43.8. The number of hydrogen-bond donors (Lipinski definition) is 1. The molecule has 2 aliphatic rings. The first-order valence-electron chi connectivity index (χ1n) is 18.1. The summed E-state index contributed by atoms with van der Waals surface area (Å²) >= 11 is 0. The number of rotatable bonds is 18. The van der Waals surface area contributed by atoms with Crippen molar-refractivity contribution < 1.29 is 24.1 Å². The van der Waals surface area contributed by atoms with Crippen molar-refractivity contribution in [3.8, 4) is 11.8 Å². The zero-order valence-corrected chi connectivity index (χ0v) is 29.4. The van der Waals surface area contributed by atoms with Crippen LogP contribution >= 0.6 is 0 Å². The molecular weight excluding hydrogens is 536 g/mol. The van der Waals surface area contributed by atoms with Gasteiger partial charge in [-0.05, 0) is 83.5 Å². The molecule has 1 N–H and O–H groups in total. The van der Waals surface area contributed by atoms with Crippen molar-refractivity contribution >= 4 is 5.97 Å². The van der Waals surface area contributed by atoms with E-state index in [4.69, 9.17) is 19.3 Å². The van der Waals surface area contributed by atoms with E-state index in [9.17, 15) is 4.79 Å². The first-order chi connectivity index (χ1) is 21.0. The van der Waals surface area contributed by atoms with E-state index in [-0.39, 0.29) is 18.3 Å². The summed E-state index contributed by atoms with van der Waals surface area (Å²) in [7, 11) is 0. The fraction of sp³-hybridized carbons (Fsp3) is 0.868. The van der Waals surface area contributed by atoms with Gasteiger partial charge in [-0.3, -0.25) is 4.79 Å². The van der Waals surface area contributed by atoms with E-state index in [2.05, 4.69) is 45.8 Å². The van der Waals surface area contributed by atoms with E-state index in [0.717, 1.165) is 63.2 Å². The maximum Gasteiger partial charge on any atom is 0.306 e. The van der Waals surface area contributed by atoms with Gasteiger partial charge in [0.1, 0.15) is 0 Å². The molecule has 0 heterocycles. The van der Waals surface area contributed by atoms with Gasteiger partial charge >= 0.3 is 5.97 Å². The highest BCUT2D eigenvalue weighted by Gasteiger charge is 2.26. The highest BCUT2D eigenvalue weighted by molar-refractivity contribution is 5.70. The number of ether oxygens (including phenoxy) is 3. The van der Waals surface area contributed by atoms with Crippen molar-refractivity contribution in [2.24, 2.45) is 17.8 Å². The minimum absolute atomic E-state index is 0.0917. The summed E-state index contributed by atoms with van der Waals surface area (Å²) in [6.07, 6.45) is 22.5. The molecule has 0 aromatic carbocycles. The van der Waals surface area contributed by atoms with Gasteiger partial charge in [-0.1, -0.05) is 85.5 Å². The lowest BCUT2D eigenvalue weighted by Crippen LogP contribution is -2.26. The highest BCUT2D eigenvalue weighted by Crippen LogP contribution is 2.31. The maximum atomic E-state index is 10.9. The monoisotopic (exact) mass is 609 g/mol. The largest absolute Gasteiger partial charge is 0.481 e. The molecule has 0 radical (unpaired) electrons. The second kappa shape index (κ2) is 33.5. The van der Waals surface area contributed by atoms with Gasteiger partial charge in [0.25, 0.3) is 0 Å². The van der Waals surface area contributed by atoms with Crippen molar-refractivity contribution in [3.63, 3.8) is 0 Å². The molecule has 2 fully saturated rings. The normalized spacial score (nSPS) is 21.7. The Morgan fingerprint density at radius 1 is 0.791 bits per heavy atom. The second-order valence-electron chi connectivity index (χ2n) is 11.6. The highest BCUT2D eigenvalue weighted by atomic mass is 16.7. The lowest BCUT2D eigenvalue weighted by Gasteiger charge is -2.26. The number of hydrogen-bond acceptors (Lipinski definition) is 4. The quantitative estimate of drug-likeness (QED) is 0.0725. The summed E-state index contributed by atoms with van der Waals surface area (Å²) < 4.78 is 17.0. The third-order valence-electron chi connectivity index (χ3n) is 8.10. The third kappa shape index (κ3) is 25.7. The molecule has 1 atom stereocenters. The molecule has 0 aliphatic heterocycles. The Balaban J connectivity index is 0. The van der Waals surface area contributed by atoms with Crippen molar-refractivity contribution in [1.82, 2.24) is 0 Å². The van der Waals surface area contributed by atoms with Crippen LogP contribution in [0.15, 0.2) is 13.2 Å². The fourth-order valence-electron chi connectivity index (χ4n) is 5.67. The lowest BCUT2D eigenvalue weighted by atomic mass is 9.80. The van der Waals surface area contributed by atoms with Crippen LogP contribution in [0, 0.1) is 29.6 Å². The van der Waals surface area contributed by atoms with Crippen molar-refractivity contribution in [3.05, 3.63) is 13.2 Å². The minimum atomic E-state index is -0.667. The Bertz CT molecular complexity index is 632. The van der Waals surface area contributed by atoms with Crippen LogP contribution in [-0.2, 0) is 19.0 Å². The van der Waals surface area contributed by atoms with E-state index in [1.807, 2.05) is 20.8 Å². The molecule has 0 aromatic heterocycles. The van der Waals surface area contributed by atoms with Crippen molar-refractivity contribution in [1.29, 1.82) is 0 Å². The molecule has 2 rings (SSSR count). The molecule has 43 heavy (non-hydrogen) atoms. The Morgan fingerprint density at radius 3 is 2.00 bits per heavy atom. The van der Waals surface area contributed by atoms with Crippen LogP contribution in [0.5, 0.6) is 0 Å². The van der Waals surface area contributed by atoms with Crippen LogP contribution < -0.4 is 0 Å². The zero-order valence-electron chi connectivity index (χ0n) is 29.4. The molecule has 254 valence electrons. The van der Waals surface area contributed by atoms with E-state index in [0.29, 0.717) is 19.8 Å². The van der Waals surface area contributed by atoms with Gasteiger partial charge in [-0.2, -0.15) is 0 Å². The van der Waals surface area contributed by atoms with E-state index in [1.54, 1.807) is 0 Å². The van der Waals surface area contributed by atoms with E-state index in [1.165, 1.54) is 70.6 Å². The molecule has 0 saturated heterocycles. The third-order valence-corrected chi connectivity index (χ3v) is 8.10. The Kier molecular flexibility index (Phi) is 34.1. The Labute approximate surface area is 268 Å². The molecular formula is C38H72O5. The maximum absolute atomic E-state index is 10.9. The van der Waals surface area contributed by atoms with Gasteiger partial charge < -0.3 is 19.3 Å². The van der Waals surface area contributed by atoms with Gasteiger partial charge in [0.05, 0.1) is 18.6 Å². The number of aliphatic carboxylic acids is 1. The molecule has 5 heteroatoms. The van der Waals surface area contributed by atoms with Crippen LogP contribution in [0.4, 0.5) is 0 Å². The van der Waals surface area contributed by atoms with Crippen LogP contribution in [0.3, 0.4) is 0 Å². The predicted molar refractivity (Wildman–Crippen MR) is 184 cm³/mol. The molecule has 0 spiro atoms. The fourth-order valence-corrected chi connectivity index (χ4v) is 5.67. The summed E-state index contributed by atoms with van der Waals surface area (Å²) in [5, 5.41) is 8.94. The summed E-state index contributed by atoms with van der Waals surface area (Å²) in [6, 6.07) is 0. The van der Waals surface area contributed by atoms with Crippen LogP contribution in [-0.4, -0.2) is 43.3 Å². The Morgan fingerprint density at radius 2 is 1.44 bits per heavy atom. The van der Waals surface area contributed by atoms with Crippen molar-refractivity contribution in [2.75, 3.05) is 19.8 Å². The molecule has 1 unspecified atom stereocenters. The summed E-state index contributed by atoms with van der Waals surface area (Å²) in [6.45, 7) is 20.7. The molecule has 2 saturated carbocycles. The van der Waals surface area contributed by atoms with Crippen LogP contribution in [0.1, 0.15) is 164 Å². The topological polar surface area (TPSA) is 65.0 Å². The summed E-state index contributed by atoms with van der Waals surface area (Å²) in [4.78, 5) is 10.9. The molecule has 0 bridgehead atoms. The SMILES string of the molecule is C=C.CC.CCCC(OCC)OCCCOC1CCC(C(=O)O)CC1.CCCCCCCC#CC1CCC(CCC)CC1. The molecule has 0 aromatic rings. The molecule has 5 nitrogen and oxygen atoms in total. The smallest absolute Gasteiger partial charge is 0.306 e. The summed E-state index contributed by atoms with van der Waals surface area (Å²) in [5.41, 5.74) is 0. The average Bonchev–Trinajstić information content (AvgIpc) is 3.04. The Hall–Kier alpha value is -1.35. The first-order valence-corrected chi connectivity index (χ1v) is 18.1. The lowest BCUT2D eigenvalue weighted by molar-refractivity contribution is -0.146. The van der Waals surface area contributed by atoms with Crippen molar-refractivity contribution in [2.45, 2.75) is 176 Å². The number of carbonyl (C=O) groups is 1. The standard InChI is InChI=1S/C18H32.C16H30O5.C2H6.C2H4/c1-3-5-6-7-8-9-10-12-18-15-13-17(11-4-2)14-16-18;1-3-6-15(19-4-2)21-12-5-11-20-14-9-7-13(8-10-14)16(17)18;2*1-2/h17-18H,3-9,11,13-16H2,1-2H3;13-15H,3-12H2,1-2H3,(H,17,18);1-2H3;1-2H2. The molecule has 2 aliphatic carbocycles. The number of carboxylic acid groups (broad SMARTS) is 1.